The predicted molar refractivity (Wildman–Crippen MR) is 76.4 cm³/mol. The molecule has 108 valence electrons. The third kappa shape index (κ3) is 3.41. The molecule has 0 atom stereocenters. The van der Waals surface area contributed by atoms with Crippen LogP contribution >= 0.6 is 11.6 Å². The Morgan fingerprint density at radius 3 is 2.48 bits per heavy atom. The van der Waals surface area contributed by atoms with Crippen molar-refractivity contribution in [1.82, 2.24) is 0 Å². The smallest absolute Gasteiger partial charge is 0.132 e. The molecular weight excluding hydrogens is 298 g/mol. The summed E-state index contributed by atoms with van der Waals surface area (Å²) in [7, 11) is 1.51. The van der Waals surface area contributed by atoms with E-state index in [1.807, 2.05) is 0 Å². The predicted octanol–water partition coefficient (Wildman–Crippen LogP) is 4.11. The van der Waals surface area contributed by atoms with Gasteiger partial charge in [-0.1, -0.05) is 11.6 Å². The Hall–Kier alpha value is -2.32. The summed E-state index contributed by atoms with van der Waals surface area (Å²) in [5.41, 5.74) is 0.278. The summed E-state index contributed by atoms with van der Waals surface area (Å²) in [6.07, 6.45) is 0. The maximum atomic E-state index is 13.8. The number of halogens is 3. The van der Waals surface area contributed by atoms with Crippen LogP contribution in [0.4, 0.5) is 14.5 Å². The second kappa shape index (κ2) is 6.42. The molecule has 21 heavy (non-hydrogen) atoms. The van der Waals surface area contributed by atoms with Crippen LogP contribution in [0.3, 0.4) is 0 Å². The summed E-state index contributed by atoms with van der Waals surface area (Å²) in [5, 5.41) is 11.9. The highest BCUT2D eigenvalue weighted by Gasteiger charge is 2.12. The van der Waals surface area contributed by atoms with Crippen molar-refractivity contribution in [2.24, 2.45) is 0 Å². The normalized spacial score (nSPS) is 10.0. The van der Waals surface area contributed by atoms with Gasteiger partial charge in [-0.15, -0.1) is 0 Å². The van der Waals surface area contributed by atoms with Crippen molar-refractivity contribution in [3.63, 3.8) is 0 Å². The van der Waals surface area contributed by atoms with Gasteiger partial charge in [-0.25, -0.2) is 8.78 Å². The molecule has 3 nitrogen and oxygen atoms in total. The largest absolute Gasteiger partial charge is 0.497 e. The SMILES string of the molecule is COc1ccc(Cl)c(NCc2c(F)cc(C#N)cc2F)c1. The van der Waals surface area contributed by atoms with Crippen molar-refractivity contribution in [3.8, 4) is 11.8 Å². The molecule has 0 fully saturated rings. The number of nitriles is 1. The highest BCUT2D eigenvalue weighted by Crippen LogP contribution is 2.27. The Kier molecular flexibility index (Phi) is 4.61. The third-order valence-electron chi connectivity index (χ3n) is 2.90. The molecule has 0 saturated carbocycles. The van der Waals surface area contributed by atoms with E-state index in [9.17, 15) is 8.78 Å². The number of nitrogens with one attached hydrogen (secondary N) is 1. The highest BCUT2D eigenvalue weighted by atomic mass is 35.5. The lowest BCUT2D eigenvalue weighted by molar-refractivity contribution is 0.415. The summed E-state index contributed by atoms with van der Waals surface area (Å²) < 4.78 is 32.6. The molecule has 2 aromatic rings. The lowest BCUT2D eigenvalue weighted by Crippen LogP contribution is -2.06. The zero-order valence-corrected chi connectivity index (χ0v) is 11.8. The number of methoxy groups -OCH3 is 1. The maximum absolute atomic E-state index is 13.8. The molecular formula is C15H11ClF2N2O. The second-order valence-electron chi connectivity index (χ2n) is 4.23. The van der Waals surface area contributed by atoms with Gasteiger partial charge in [0.1, 0.15) is 17.4 Å². The lowest BCUT2D eigenvalue weighted by Gasteiger charge is -2.11. The van der Waals surface area contributed by atoms with E-state index in [-0.39, 0.29) is 17.7 Å². The van der Waals surface area contributed by atoms with Crippen molar-refractivity contribution >= 4 is 17.3 Å². The molecule has 1 N–H and O–H groups in total. The first kappa shape index (κ1) is 15.1. The molecule has 0 bridgehead atoms. The average Bonchev–Trinajstić information content (AvgIpc) is 2.47. The Morgan fingerprint density at radius 1 is 1.24 bits per heavy atom. The summed E-state index contributed by atoms with van der Waals surface area (Å²) in [4.78, 5) is 0. The Bertz CT molecular complexity index is 690. The fourth-order valence-electron chi connectivity index (χ4n) is 1.79. The molecule has 0 saturated heterocycles. The van der Waals surface area contributed by atoms with Gasteiger partial charge in [0.2, 0.25) is 0 Å². The van der Waals surface area contributed by atoms with Crippen molar-refractivity contribution < 1.29 is 13.5 Å². The number of nitrogens with zero attached hydrogens (tertiary/aromatic N) is 1. The molecule has 0 aromatic heterocycles. The monoisotopic (exact) mass is 308 g/mol. The van der Waals surface area contributed by atoms with Crippen LogP contribution in [0.25, 0.3) is 0 Å². The van der Waals surface area contributed by atoms with Crippen LogP contribution in [-0.4, -0.2) is 7.11 Å². The van der Waals surface area contributed by atoms with E-state index in [4.69, 9.17) is 21.6 Å². The molecule has 0 radical (unpaired) electrons. The first-order valence-electron chi connectivity index (χ1n) is 6.00. The number of rotatable bonds is 4. The fraction of sp³-hybridized carbons (Fsp3) is 0.133. The molecule has 0 unspecified atom stereocenters. The van der Waals surface area contributed by atoms with Gasteiger partial charge in [0, 0.05) is 18.2 Å². The number of benzene rings is 2. The average molecular weight is 309 g/mol. The maximum Gasteiger partial charge on any atom is 0.132 e. The second-order valence-corrected chi connectivity index (χ2v) is 4.64. The van der Waals surface area contributed by atoms with Crippen molar-refractivity contribution in [2.45, 2.75) is 6.54 Å². The zero-order valence-electron chi connectivity index (χ0n) is 11.1. The number of ether oxygens (including phenoxy) is 1. The van der Waals surface area contributed by atoms with Gasteiger partial charge in [0.15, 0.2) is 0 Å². The molecule has 0 aliphatic heterocycles. The van der Waals surface area contributed by atoms with Gasteiger partial charge in [0.05, 0.1) is 29.5 Å². The Labute approximate surface area is 125 Å². The molecule has 0 amide bonds. The fourth-order valence-corrected chi connectivity index (χ4v) is 1.97. The van der Waals surface area contributed by atoms with Gasteiger partial charge in [-0.3, -0.25) is 0 Å². The molecule has 6 heteroatoms. The standard InChI is InChI=1S/C15H11ClF2N2O/c1-21-10-2-3-12(16)15(6-10)20-8-11-13(17)4-9(7-19)5-14(11)18/h2-6,20H,8H2,1H3. The summed E-state index contributed by atoms with van der Waals surface area (Å²) in [6, 6.07) is 8.61. The van der Waals surface area contributed by atoms with Crippen LogP contribution in [0.15, 0.2) is 30.3 Å². The van der Waals surface area contributed by atoms with E-state index in [2.05, 4.69) is 5.32 Å². The molecule has 2 aromatic carbocycles. The van der Waals surface area contributed by atoms with Crippen LogP contribution in [0.5, 0.6) is 5.75 Å². The lowest BCUT2D eigenvalue weighted by atomic mass is 10.1. The highest BCUT2D eigenvalue weighted by molar-refractivity contribution is 6.33. The van der Waals surface area contributed by atoms with Crippen LogP contribution in [-0.2, 0) is 6.54 Å². The molecule has 2 rings (SSSR count). The summed E-state index contributed by atoms with van der Waals surface area (Å²) >= 11 is 6.00. The van der Waals surface area contributed by atoms with Gasteiger partial charge in [-0.05, 0) is 24.3 Å². The van der Waals surface area contributed by atoms with E-state index in [1.165, 1.54) is 7.11 Å². The Balaban J connectivity index is 2.23. The van der Waals surface area contributed by atoms with Gasteiger partial charge in [0.25, 0.3) is 0 Å². The van der Waals surface area contributed by atoms with E-state index in [0.29, 0.717) is 16.5 Å². The quantitative estimate of drug-likeness (QED) is 0.924. The minimum absolute atomic E-state index is 0.0619. The van der Waals surface area contributed by atoms with E-state index < -0.39 is 11.6 Å². The van der Waals surface area contributed by atoms with Crippen molar-refractivity contribution in [3.05, 3.63) is 58.1 Å². The summed E-state index contributed by atoms with van der Waals surface area (Å²) in [5.74, 6) is -0.987. The number of hydrogen-bond donors (Lipinski definition) is 1. The van der Waals surface area contributed by atoms with Gasteiger partial charge < -0.3 is 10.1 Å². The van der Waals surface area contributed by atoms with Gasteiger partial charge in [-0.2, -0.15) is 5.26 Å². The number of hydrogen-bond acceptors (Lipinski definition) is 3. The van der Waals surface area contributed by atoms with E-state index >= 15 is 0 Å². The van der Waals surface area contributed by atoms with Crippen LogP contribution in [0, 0.1) is 23.0 Å². The number of anilines is 1. The van der Waals surface area contributed by atoms with Crippen LogP contribution in [0.2, 0.25) is 5.02 Å². The minimum Gasteiger partial charge on any atom is -0.497 e. The minimum atomic E-state index is -0.780. The first-order chi connectivity index (χ1) is 10.0. The molecule has 0 spiro atoms. The molecule has 0 aliphatic carbocycles. The topological polar surface area (TPSA) is 45.0 Å². The van der Waals surface area contributed by atoms with Crippen molar-refractivity contribution in [1.29, 1.82) is 5.26 Å². The molecule has 0 heterocycles. The summed E-state index contributed by atoms with van der Waals surface area (Å²) in [6.45, 7) is -0.101. The van der Waals surface area contributed by atoms with Gasteiger partial charge >= 0.3 is 0 Å². The van der Waals surface area contributed by atoms with E-state index in [0.717, 1.165) is 12.1 Å². The van der Waals surface area contributed by atoms with Crippen LogP contribution < -0.4 is 10.1 Å². The first-order valence-corrected chi connectivity index (χ1v) is 6.38. The molecule has 0 aliphatic rings. The third-order valence-corrected chi connectivity index (χ3v) is 3.23. The zero-order chi connectivity index (χ0) is 15.4. The van der Waals surface area contributed by atoms with E-state index in [1.54, 1.807) is 24.3 Å². The Morgan fingerprint density at radius 2 is 1.90 bits per heavy atom. The van der Waals surface area contributed by atoms with Crippen LogP contribution in [0.1, 0.15) is 11.1 Å². The van der Waals surface area contributed by atoms with Crippen molar-refractivity contribution in [2.75, 3.05) is 12.4 Å².